The van der Waals surface area contributed by atoms with E-state index in [1.54, 1.807) is 58.1 Å². The lowest BCUT2D eigenvalue weighted by Gasteiger charge is -2.36. The van der Waals surface area contributed by atoms with E-state index in [0.717, 1.165) is 31.2 Å². The average molecular weight is 627 g/mol. The molecular formula is C35H50N2O8. The van der Waals surface area contributed by atoms with E-state index in [1.165, 1.54) is 0 Å². The molecule has 1 aliphatic rings. The van der Waals surface area contributed by atoms with Gasteiger partial charge in [-0.25, -0.2) is 14.4 Å². The maximum atomic E-state index is 13.8. The predicted octanol–water partition coefficient (Wildman–Crippen LogP) is 6.39. The first-order valence-electron chi connectivity index (χ1n) is 15.9. The summed E-state index contributed by atoms with van der Waals surface area (Å²) >= 11 is 0. The highest BCUT2D eigenvalue weighted by Gasteiger charge is 2.35. The third kappa shape index (κ3) is 10.9. The van der Waals surface area contributed by atoms with E-state index >= 15 is 0 Å². The molecule has 0 radical (unpaired) electrons. The molecule has 0 bridgehead atoms. The largest absolute Gasteiger partial charge is 0.493 e. The SMILES string of the molecule is CCC(CC)NC(=O)N1CCCC[C@H]1C(=O)O[C@H](CCc1ccc(OC)c(OC)c1)c1cccc(OCC(=O)OC(C)(C)C)c1. The molecule has 1 aliphatic heterocycles. The van der Waals surface area contributed by atoms with Gasteiger partial charge in [0.2, 0.25) is 0 Å². The summed E-state index contributed by atoms with van der Waals surface area (Å²) in [6, 6.07) is 12.0. The number of aryl methyl sites for hydroxylation is 1. The number of benzene rings is 2. The van der Waals surface area contributed by atoms with Gasteiger partial charge in [0.25, 0.3) is 0 Å². The molecule has 2 aromatic rings. The van der Waals surface area contributed by atoms with Gasteiger partial charge < -0.3 is 33.9 Å². The molecular weight excluding hydrogens is 576 g/mol. The molecule has 0 unspecified atom stereocenters. The van der Waals surface area contributed by atoms with E-state index in [4.69, 9.17) is 23.7 Å². The molecule has 0 aliphatic carbocycles. The van der Waals surface area contributed by atoms with Crippen LogP contribution >= 0.6 is 0 Å². The lowest BCUT2D eigenvalue weighted by atomic mass is 9.99. The Balaban J connectivity index is 1.83. The van der Waals surface area contributed by atoms with Crippen LogP contribution in [0.1, 0.15) is 90.4 Å². The Morgan fingerprint density at radius 3 is 2.38 bits per heavy atom. The zero-order valence-corrected chi connectivity index (χ0v) is 27.9. The molecule has 45 heavy (non-hydrogen) atoms. The van der Waals surface area contributed by atoms with Gasteiger partial charge in [-0.05, 0) is 101 Å². The van der Waals surface area contributed by atoms with E-state index in [2.05, 4.69) is 5.32 Å². The van der Waals surface area contributed by atoms with Crippen LogP contribution in [0.2, 0.25) is 0 Å². The number of ether oxygens (including phenoxy) is 5. The number of amides is 2. The predicted molar refractivity (Wildman–Crippen MR) is 172 cm³/mol. The Hall–Kier alpha value is -3.95. The maximum absolute atomic E-state index is 13.8. The molecule has 1 fully saturated rings. The van der Waals surface area contributed by atoms with Crippen molar-refractivity contribution in [2.75, 3.05) is 27.4 Å². The number of nitrogens with one attached hydrogen (secondary N) is 1. The number of piperidine rings is 1. The van der Waals surface area contributed by atoms with Gasteiger partial charge in [0.1, 0.15) is 23.5 Å². The zero-order chi connectivity index (χ0) is 33.0. The Labute approximate surface area is 267 Å². The molecule has 1 heterocycles. The highest BCUT2D eigenvalue weighted by atomic mass is 16.6. The third-order valence-electron chi connectivity index (χ3n) is 7.76. The summed E-state index contributed by atoms with van der Waals surface area (Å²) < 4.78 is 28.2. The van der Waals surface area contributed by atoms with E-state index in [0.29, 0.717) is 48.6 Å². The molecule has 0 spiro atoms. The number of carbonyl (C=O) groups excluding carboxylic acids is 3. The quantitative estimate of drug-likeness (QED) is 0.240. The number of nitrogens with zero attached hydrogens (tertiary/aromatic N) is 1. The van der Waals surface area contributed by atoms with E-state index < -0.39 is 29.7 Å². The van der Waals surface area contributed by atoms with Gasteiger partial charge in [-0.15, -0.1) is 0 Å². The topological polar surface area (TPSA) is 113 Å². The van der Waals surface area contributed by atoms with Crippen molar-refractivity contribution < 1.29 is 38.1 Å². The van der Waals surface area contributed by atoms with Crippen LogP contribution in [0.5, 0.6) is 17.2 Å². The number of rotatable bonds is 14. The van der Waals surface area contributed by atoms with Crippen molar-refractivity contribution in [2.24, 2.45) is 0 Å². The van der Waals surface area contributed by atoms with Gasteiger partial charge >= 0.3 is 18.0 Å². The van der Waals surface area contributed by atoms with Crippen molar-refractivity contribution >= 4 is 18.0 Å². The van der Waals surface area contributed by atoms with Crippen LogP contribution in [0.15, 0.2) is 42.5 Å². The fourth-order valence-corrected chi connectivity index (χ4v) is 5.33. The van der Waals surface area contributed by atoms with Crippen LogP contribution in [-0.4, -0.2) is 67.9 Å². The molecule has 2 atom stereocenters. The van der Waals surface area contributed by atoms with Crippen LogP contribution in [0.3, 0.4) is 0 Å². The second-order valence-electron chi connectivity index (χ2n) is 12.3. The fourth-order valence-electron chi connectivity index (χ4n) is 5.33. The number of carbonyl (C=O) groups is 3. The summed E-state index contributed by atoms with van der Waals surface area (Å²) in [7, 11) is 3.18. The first kappa shape index (κ1) is 35.5. The summed E-state index contributed by atoms with van der Waals surface area (Å²) in [5.41, 5.74) is 1.08. The highest BCUT2D eigenvalue weighted by molar-refractivity contribution is 5.84. The number of esters is 2. The number of methoxy groups -OCH3 is 2. The van der Waals surface area contributed by atoms with Crippen molar-refractivity contribution in [2.45, 2.75) is 103 Å². The minimum atomic E-state index is -0.678. The van der Waals surface area contributed by atoms with E-state index in [-0.39, 0.29) is 18.7 Å². The van der Waals surface area contributed by atoms with Crippen molar-refractivity contribution in [3.63, 3.8) is 0 Å². The van der Waals surface area contributed by atoms with Gasteiger partial charge in [0, 0.05) is 12.6 Å². The first-order chi connectivity index (χ1) is 21.5. The fraction of sp³-hybridized carbons (Fsp3) is 0.571. The van der Waals surface area contributed by atoms with Crippen molar-refractivity contribution in [1.82, 2.24) is 10.2 Å². The minimum absolute atomic E-state index is 0.0498. The van der Waals surface area contributed by atoms with Crippen molar-refractivity contribution in [3.8, 4) is 17.2 Å². The molecule has 2 amide bonds. The molecule has 0 aromatic heterocycles. The van der Waals surface area contributed by atoms with E-state index in [9.17, 15) is 14.4 Å². The molecule has 1 N–H and O–H groups in total. The van der Waals surface area contributed by atoms with Crippen LogP contribution in [0.25, 0.3) is 0 Å². The van der Waals surface area contributed by atoms with Gasteiger partial charge in [0.05, 0.1) is 14.2 Å². The van der Waals surface area contributed by atoms with Gasteiger partial charge in [0.15, 0.2) is 18.1 Å². The summed E-state index contributed by atoms with van der Waals surface area (Å²) in [4.78, 5) is 40.9. The van der Waals surface area contributed by atoms with Gasteiger partial charge in [-0.1, -0.05) is 32.0 Å². The third-order valence-corrected chi connectivity index (χ3v) is 7.76. The number of urea groups is 1. The molecule has 2 aromatic carbocycles. The summed E-state index contributed by atoms with van der Waals surface area (Å²) in [5.74, 6) is 0.778. The van der Waals surface area contributed by atoms with Crippen LogP contribution in [0, 0.1) is 0 Å². The Kier molecular flexibility index (Phi) is 13.4. The minimum Gasteiger partial charge on any atom is -0.493 e. The zero-order valence-electron chi connectivity index (χ0n) is 27.9. The summed E-state index contributed by atoms with van der Waals surface area (Å²) in [6.45, 7) is 9.70. The Bertz CT molecular complexity index is 1270. The molecule has 10 heteroatoms. The first-order valence-corrected chi connectivity index (χ1v) is 15.9. The molecule has 3 rings (SSSR count). The van der Waals surface area contributed by atoms with Gasteiger partial charge in [-0.3, -0.25) is 0 Å². The Morgan fingerprint density at radius 1 is 0.978 bits per heavy atom. The molecule has 10 nitrogen and oxygen atoms in total. The average Bonchev–Trinajstić information content (AvgIpc) is 3.03. The van der Waals surface area contributed by atoms with Crippen LogP contribution in [0.4, 0.5) is 4.79 Å². The van der Waals surface area contributed by atoms with Crippen molar-refractivity contribution in [3.05, 3.63) is 53.6 Å². The summed E-state index contributed by atoms with van der Waals surface area (Å²) in [6.07, 6.45) is 4.23. The van der Waals surface area contributed by atoms with E-state index in [1.807, 2.05) is 38.1 Å². The molecule has 248 valence electrons. The molecule has 0 saturated carbocycles. The number of hydrogen-bond acceptors (Lipinski definition) is 8. The normalized spacial score (nSPS) is 15.6. The second-order valence-corrected chi connectivity index (χ2v) is 12.3. The lowest BCUT2D eigenvalue weighted by molar-refractivity contribution is -0.157. The maximum Gasteiger partial charge on any atom is 0.344 e. The number of hydrogen-bond donors (Lipinski definition) is 1. The molecule has 1 saturated heterocycles. The smallest absolute Gasteiger partial charge is 0.344 e. The standard InChI is InChI=1S/C35H50N2O8/c1-8-26(9-2)36-34(40)37-20-11-10-15-28(37)33(39)44-29(18-16-24-17-19-30(41-6)31(21-24)42-7)25-13-12-14-27(22-25)43-23-32(38)45-35(3,4)5/h12-14,17,19,21-22,26,28-29H,8-11,15-16,18,20,23H2,1-7H3,(H,36,40)/t28-,29+/m0/s1. The second kappa shape index (κ2) is 16.9. The lowest BCUT2D eigenvalue weighted by Crippen LogP contribution is -2.54. The summed E-state index contributed by atoms with van der Waals surface area (Å²) in [5, 5.41) is 3.07. The highest BCUT2D eigenvalue weighted by Crippen LogP contribution is 2.32. The Morgan fingerprint density at radius 2 is 1.71 bits per heavy atom. The van der Waals surface area contributed by atoms with Crippen molar-refractivity contribution in [1.29, 1.82) is 0 Å². The van der Waals surface area contributed by atoms with Crippen LogP contribution < -0.4 is 19.5 Å². The monoisotopic (exact) mass is 626 g/mol. The number of likely N-dealkylation sites (tertiary alicyclic amines) is 1. The van der Waals surface area contributed by atoms with Crippen LogP contribution in [-0.2, 0) is 25.5 Å². The van der Waals surface area contributed by atoms with Gasteiger partial charge in [-0.2, -0.15) is 0 Å².